The zero-order chi connectivity index (χ0) is 21.7. The van der Waals surface area contributed by atoms with Crippen molar-refractivity contribution in [3.8, 4) is 5.75 Å². The van der Waals surface area contributed by atoms with Crippen molar-refractivity contribution in [3.63, 3.8) is 0 Å². The van der Waals surface area contributed by atoms with Gasteiger partial charge in [0, 0.05) is 18.0 Å². The van der Waals surface area contributed by atoms with Crippen LogP contribution in [0.1, 0.15) is 25.8 Å². The van der Waals surface area contributed by atoms with Gasteiger partial charge in [0.15, 0.2) is 0 Å². The molecule has 1 fully saturated rings. The number of benzene rings is 2. The molecule has 0 saturated heterocycles. The zero-order valence-electron chi connectivity index (χ0n) is 15.5. The molecule has 2 aromatic rings. The van der Waals surface area contributed by atoms with Gasteiger partial charge in [0.1, 0.15) is 17.4 Å². The van der Waals surface area contributed by atoms with Crippen molar-refractivity contribution in [2.45, 2.75) is 36.9 Å². The SMILES string of the molecule is CC1(C)C[C@@]1(CNS(=O)(=O)c1ccc(OC(F)(F)F)cc1)c1ccc(F)cc1F. The van der Waals surface area contributed by atoms with Gasteiger partial charge in [-0.05, 0) is 47.7 Å². The average Bonchev–Trinajstić information content (AvgIpc) is 3.14. The Bertz CT molecular complexity index is 1020. The molecule has 0 heterocycles. The van der Waals surface area contributed by atoms with E-state index in [1.54, 1.807) is 0 Å². The molecule has 0 bridgehead atoms. The summed E-state index contributed by atoms with van der Waals surface area (Å²) in [5.41, 5.74) is -1.09. The van der Waals surface area contributed by atoms with Gasteiger partial charge in [-0.15, -0.1) is 13.2 Å². The van der Waals surface area contributed by atoms with Crippen LogP contribution in [-0.4, -0.2) is 21.3 Å². The summed E-state index contributed by atoms with van der Waals surface area (Å²) in [6.45, 7) is 3.53. The molecule has 10 heteroatoms. The van der Waals surface area contributed by atoms with E-state index in [2.05, 4.69) is 9.46 Å². The Morgan fingerprint density at radius 1 is 1.07 bits per heavy atom. The lowest BCUT2D eigenvalue weighted by Gasteiger charge is -2.22. The number of nitrogens with one attached hydrogen (secondary N) is 1. The Labute approximate surface area is 164 Å². The first-order valence-electron chi connectivity index (χ1n) is 8.57. The van der Waals surface area contributed by atoms with Crippen LogP contribution in [-0.2, 0) is 15.4 Å². The quantitative estimate of drug-likeness (QED) is 0.680. The molecule has 29 heavy (non-hydrogen) atoms. The maximum absolute atomic E-state index is 14.3. The third kappa shape index (κ3) is 4.37. The minimum Gasteiger partial charge on any atom is -0.406 e. The number of hydrogen-bond acceptors (Lipinski definition) is 3. The van der Waals surface area contributed by atoms with Gasteiger partial charge in [-0.1, -0.05) is 19.9 Å². The van der Waals surface area contributed by atoms with Gasteiger partial charge >= 0.3 is 6.36 Å². The van der Waals surface area contributed by atoms with E-state index in [1.807, 2.05) is 13.8 Å². The number of ether oxygens (including phenoxy) is 1. The summed E-state index contributed by atoms with van der Waals surface area (Å²) in [6, 6.07) is 6.90. The molecule has 1 aliphatic rings. The molecule has 1 N–H and O–H groups in total. The third-order valence-corrected chi connectivity index (χ3v) is 6.71. The van der Waals surface area contributed by atoms with Crippen LogP contribution in [0.5, 0.6) is 5.75 Å². The van der Waals surface area contributed by atoms with E-state index in [-0.39, 0.29) is 17.0 Å². The van der Waals surface area contributed by atoms with Gasteiger partial charge in [0.05, 0.1) is 4.90 Å². The van der Waals surface area contributed by atoms with Gasteiger partial charge < -0.3 is 4.74 Å². The van der Waals surface area contributed by atoms with Gasteiger partial charge in [0.2, 0.25) is 10.0 Å². The molecule has 158 valence electrons. The molecule has 0 amide bonds. The molecule has 4 nitrogen and oxygen atoms in total. The van der Waals surface area contributed by atoms with Crippen LogP contribution >= 0.6 is 0 Å². The molecular formula is C19H18F5NO3S. The monoisotopic (exact) mass is 435 g/mol. The molecule has 1 aliphatic carbocycles. The second kappa shape index (κ2) is 6.94. The van der Waals surface area contributed by atoms with Crippen LogP contribution in [0.25, 0.3) is 0 Å². The fourth-order valence-electron chi connectivity index (χ4n) is 3.57. The van der Waals surface area contributed by atoms with Crippen LogP contribution in [0.3, 0.4) is 0 Å². The summed E-state index contributed by atoms with van der Waals surface area (Å²) < 4.78 is 95.5. The molecule has 0 radical (unpaired) electrons. The molecular weight excluding hydrogens is 417 g/mol. The lowest BCUT2D eigenvalue weighted by molar-refractivity contribution is -0.274. The van der Waals surface area contributed by atoms with E-state index < -0.39 is 44.6 Å². The molecule has 0 spiro atoms. The molecule has 0 aliphatic heterocycles. The van der Waals surface area contributed by atoms with E-state index in [0.717, 1.165) is 36.4 Å². The first-order valence-corrected chi connectivity index (χ1v) is 10.1. The number of alkyl halides is 3. The van der Waals surface area contributed by atoms with Crippen molar-refractivity contribution in [1.29, 1.82) is 0 Å². The Hall–Kier alpha value is -2.20. The highest BCUT2D eigenvalue weighted by molar-refractivity contribution is 7.89. The van der Waals surface area contributed by atoms with E-state index in [4.69, 9.17) is 0 Å². The molecule has 0 unspecified atom stereocenters. The number of hydrogen-bond donors (Lipinski definition) is 1. The first kappa shape index (κ1) is 21.5. The Kier molecular flexibility index (Phi) is 5.15. The highest BCUT2D eigenvalue weighted by Crippen LogP contribution is 2.64. The minimum atomic E-state index is -4.89. The fraction of sp³-hybridized carbons (Fsp3) is 0.368. The minimum absolute atomic E-state index is 0.147. The summed E-state index contributed by atoms with van der Waals surface area (Å²) in [4.78, 5) is -0.264. The predicted octanol–water partition coefficient (Wildman–Crippen LogP) is 4.51. The summed E-state index contributed by atoms with van der Waals surface area (Å²) in [7, 11) is -4.08. The van der Waals surface area contributed by atoms with Crippen molar-refractivity contribution in [3.05, 3.63) is 59.7 Å². The average molecular weight is 435 g/mol. The summed E-state index contributed by atoms with van der Waals surface area (Å²) >= 11 is 0. The second-order valence-electron chi connectivity index (χ2n) is 7.61. The fourth-order valence-corrected chi connectivity index (χ4v) is 4.66. The van der Waals surface area contributed by atoms with E-state index in [9.17, 15) is 30.4 Å². The lowest BCUT2D eigenvalue weighted by atomic mass is 9.87. The number of rotatable bonds is 6. The van der Waals surface area contributed by atoms with E-state index in [1.165, 1.54) is 6.07 Å². The molecule has 2 aromatic carbocycles. The van der Waals surface area contributed by atoms with Crippen molar-refractivity contribution < 1.29 is 35.1 Å². The highest BCUT2D eigenvalue weighted by Gasteiger charge is 2.63. The lowest BCUT2D eigenvalue weighted by Crippen LogP contribution is -2.35. The van der Waals surface area contributed by atoms with Crippen LogP contribution in [0, 0.1) is 17.0 Å². The molecule has 3 rings (SSSR count). The Morgan fingerprint density at radius 2 is 1.66 bits per heavy atom. The Balaban J connectivity index is 1.80. The number of halogens is 5. The summed E-state index contributed by atoms with van der Waals surface area (Å²) in [5, 5.41) is 0. The van der Waals surface area contributed by atoms with Crippen molar-refractivity contribution in [1.82, 2.24) is 4.72 Å². The number of sulfonamides is 1. The van der Waals surface area contributed by atoms with E-state index in [0.29, 0.717) is 6.42 Å². The van der Waals surface area contributed by atoms with Crippen LogP contribution in [0.15, 0.2) is 47.4 Å². The van der Waals surface area contributed by atoms with Gasteiger partial charge in [-0.2, -0.15) is 0 Å². The first-order chi connectivity index (χ1) is 13.3. The summed E-state index contributed by atoms with van der Waals surface area (Å²) in [6.07, 6.45) is -4.41. The summed E-state index contributed by atoms with van der Waals surface area (Å²) in [5.74, 6) is -2.05. The topological polar surface area (TPSA) is 55.4 Å². The Morgan fingerprint density at radius 3 is 2.14 bits per heavy atom. The second-order valence-corrected chi connectivity index (χ2v) is 9.38. The largest absolute Gasteiger partial charge is 0.573 e. The van der Waals surface area contributed by atoms with Crippen molar-refractivity contribution in [2.75, 3.05) is 6.54 Å². The maximum atomic E-state index is 14.3. The predicted molar refractivity (Wildman–Crippen MR) is 94.7 cm³/mol. The van der Waals surface area contributed by atoms with Crippen LogP contribution < -0.4 is 9.46 Å². The van der Waals surface area contributed by atoms with E-state index >= 15 is 0 Å². The van der Waals surface area contributed by atoms with Crippen LogP contribution in [0.2, 0.25) is 0 Å². The smallest absolute Gasteiger partial charge is 0.406 e. The van der Waals surface area contributed by atoms with Crippen molar-refractivity contribution in [2.24, 2.45) is 5.41 Å². The zero-order valence-corrected chi connectivity index (χ0v) is 16.3. The third-order valence-electron chi connectivity index (χ3n) is 5.29. The van der Waals surface area contributed by atoms with Crippen molar-refractivity contribution >= 4 is 10.0 Å². The molecule has 1 atom stereocenters. The maximum Gasteiger partial charge on any atom is 0.573 e. The van der Waals surface area contributed by atoms with Gasteiger partial charge in [0.25, 0.3) is 0 Å². The normalized spacial score (nSPS) is 21.1. The molecule has 0 aromatic heterocycles. The standard InChI is InChI=1S/C19H18F5NO3S/c1-17(2)10-18(17,15-8-3-12(20)9-16(15)21)11-25-29(26,27)14-6-4-13(5-7-14)28-19(22,23)24/h3-9,25H,10-11H2,1-2H3/t18-/m1/s1. The van der Waals surface area contributed by atoms with Gasteiger partial charge in [-0.3, -0.25) is 0 Å². The van der Waals surface area contributed by atoms with Gasteiger partial charge in [-0.25, -0.2) is 21.9 Å². The highest BCUT2D eigenvalue weighted by atomic mass is 32.2. The van der Waals surface area contributed by atoms with Crippen LogP contribution in [0.4, 0.5) is 22.0 Å². The molecule has 1 saturated carbocycles.